The van der Waals surface area contributed by atoms with Crippen molar-refractivity contribution < 1.29 is 41.8 Å². The van der Waals surface area contributed by atoms with E-state index in [1.165, 1.54) is 6.07 Å². The van der Waals surface area contributed by atoms with Crippen molar-refractivity contribution in [2.24, 2.45) is 0 Å². The fourth-order valence-electron chi connectivity index (χ4n) is 3.56. The average molecular weight is 512 g/mol. The van der Waals surface area contributed by atoms with E-state index >= 15 is 0 Å². The molecule has 1 aliphatic rings. The summed E-state index contributed by atoms with van der Waals surface area (Å²) in [5.41, 5.74) is -1.95. The Morgan fingerprint density at radius 1 is 1.17 bits per heavy atom. The standard InChI is InChI=1S/C23H24F4N4O5/c1-22(2,3)36-21(35)31-11-14(24)8-18(31)30-19(32)7-13-6-16(28-10-15(13)20(33)34)12-4-5-17(29-9-12)23(25,26)27/h4-6,9-10,14,18H,7-8,11H2,1-3H3,(H,30,32)(H,33,34)/t14-,18+/m0/s1. The van der Waals surface area contributed by atoms with Crippen molar-refractivity contribution in [3.05, 3.63) is 47.4 Å². The fraction of sp³-hybridized carbons (Fsp3) is 0.435. The van der Waals surface area contributed by atoms with E-state index in [-0.39, 0.29) is 35.3 Å². The molecule has 0 radical (unpaired) electrons. The maximum absolute atomic E-state index is 14.0. The van der Waals surface area contributed by atoms with Crippen LogP contribution in [0.3, 0.4) is 0 Å². The van der Waals surface area contributed by atoms with Gasteiger partial charge in [-0.1, -0.05) is 0 Å². The van der Waals surface area contributed by atoms with E-state index in [4.69, 9.17) is 4.74 Å². The van der Waals surface area contributed by atoms with Crippen LogP contribution in [-0.4, -0.2) is 62.4 Å². The molecule has 0 saturated carbocycles. The molecule has 0 aliphatic carbocycles. The first-order chi connectivity index (χ1) is 16.6. The molecule has 36 heavy (non-hydrogen) atoms. The van der Waals surface area contributed by atoms with Crippen molar-refractivity contribution in [1.29, 1.82) is 0 Å². The van der Waals surface area contributed by atoms with Gasteiger partial charge in [-0.25, -0.2) is 14.0 Å². The lowest BCUT2D eigenvalue weighted by Gasteiger charge is -2.28. The number of ether oxygens (including phenoxy) is 1. The smallest absolute Gasteiger partial charge is 0.433 e. The van der Waals surface area contributed by atoms with Gasteiger partial charge in [0.2, 0.25) is 5.91 Å². The first-order valence-corrected chi connectivity index (χ1v) is 10.8. The van der Waals surface area contributed by atoms with E-state index in [2.05, 4.69) is 15.3 Å². The predicted molar refractivity (Wildman–Crippen MR) is 118 cm³/mol. The fourth-order valence-corrected chi connectivity index (χ4v) is 3.56. The molecule has 0 bridgehead atoms. The van der Waals surface area contributed by atoms with Crippen LogP contribution in [0, 0.1) is 0 Å². The maximum atomic E-state index is 14.0. The highest BCUT2D eigenvalue weighted by molar-refractivity contribution is 5.92. The zero-order chi connectivity index (χ0) is 26.8. The third kappa shape index (κ3) is 6.67. The molecule has 1 aliphatic heterocycles. The molecule has 0 spiro atoms. The zero-order valence-electron chi connectivity index (χ0n) is 19.6. The molecule has 2 N–H and O–H groups in total. The number of carbonyl (C=O) groups is 3. The second-order valence-corrected chi connectivity index (χ2v) is 9.19. The second kappa shape index (κ2) is 10.1. The van der Waals surface area contributed by atoms with E-state index in [0.29, 0.717) is 0 Å². The number of aromatic nitrogens is 2. The molecule has 2 atom stereocenters. The van der Waals surface area contributed by atoms with Gasteiger partial charge in [0.25, 0.3) is 0 Å². The van der Waals surface area contributed by atoms with Crippen molar-refractivity contribution >= 4 is 18.0 Å². The molecule has 1 fully saturated rings. The van der Waals surface area contributed by atoms with Gasteiger partial charge in [0.15, 0.2) is 0 Å². The summed E-state index contributed by atoms with van der Waals surface area (Å²) in [6, 6.07) is 3.14. The number of carboxylic acid groups (broad SMARTS) is 1. The van der Waals surface area contributed by atoms with E-state index in [9.17, 15) is 37.1 Å². The van der Waals surface area contributed by atoms with Crippen LogP contribution in [0.2, 0.25) is 0 Å². The molecule has 1 saturated heterocycles. The Bertz CT molecular complexity index is 1150. The number of pyridine rings is 2. The molecule has 0 aromatic carbocycles. The van der Waals surface area contributed by atoms with E-state index in [0.717, 1.165) is 29.4 Å². The number of aromatic carboxylic acids is 1. The van der Waals surface area contributed by atoms with Gasteiger partial charge < -0.3 is 15.2 Å². The van der Waals surface area contributed by atoms with Crippen LogP contribution in [0.15, 0.2) is 30.6 Å². The number of halogens is 4. The molecule has 3 rings (SSSR count). The lowest BCUT2D eigenvalue weighted by atomic mass is 10.0. The molecule has 2 aromatic rings. The Kier molecular flexibility index (Phi) is 7.51. The summed E-state index contributed by atoms with van der Waals surface area (Å²) in [4.78, 5) is 45.2. The maximum Gasteiger partial charge on any atom is 0.433 e. The summed E-state index contributed by atoms with van der Waals surface area (Å²) in [5, 5.41) is 12.0. The van der Waals surface area contributed by atoms with Gasteiger partial charge >= 0.3 is 18.2 Å². The number of hydrogen-bond donors (Lipinski definition) is 2. The van der Waals surface area contributed by atoms with Gasteiger partial charge in [0.1, 0.15) is 23.6 Å². The van der Waals surface area contributed by atoms with E-state index < -0.39 is 54.2 Å². The number of carbonyl (C=O) groups excluding carboxylic acids is 2. The van der Waals surface area contributed by atoms with Crippen LogP contribution in [0.4, 0.5) is 22.4 Å². The zero-order valence-corrected chi connectivity index (χ0v) is 19.6. The molecule has 3 heterocycles. The molecule has 9 nitrogen and oxygen atoms in total. The number of nitrogens with one attached hydrogen (secondary N) is 1. The summed E-state index contributed by atoms with van der Waals surface area (Å²) in [5.74, 6) is -2.07. The highest BCUT2D eigenvalue weighted by Crippen LogP contribution is 2.29. The number of nitrogens with zero attached hydrogens (tertiary/aromatic N) is 3. The monoisotopic (exact) mass is 512 g/mol. The molecular weight excluding hydrogens is 488 g/mol. The normalized spacial score (nSPS) is 18.1. The van der Waals surface area contributed by atoms with Crippen LogP contribution in [0.5, 0.6) is 0 Å². The second-order valence-electron chi connectivity index (χ2n) is 9.19. The molecule has 2 amide bonds. The van der Waals surface area contributed by atoms with E-state index in [1.807, 2.05) is 0 Å². The Hall–Kier alpha value is -3.77. The lowest BCUT2D eigenvalue weighted by Crippen LogP contribution is -2.49. The van der Waals surface area contributed by atoms with Crippen molar-refractivity contribution in [1.82, 2.24) is 20.2 Å². The van der Waals surface area contributed by atoms with Gasteiger partial charge in [-0.3, -0.25) is 19.7 Å². The van der Waals surface area contributed by atoms with Crippen LogP contribution < -0.4 is 5.32 Å². The molecule has 13 heteroatoms. The predicted octanol–water partition coefficient (Wildman–Crippen LogP) is 3.82. The van der Waals surface area contributed by atoms with Crippen LogP contribution in [0.25, 0.3) is 11.3 Å². The summed E-state index contributed by atoms with van der Waals surface area (Å²) in [6.45, 7) is 4.65. The average Bonchev–Trinajstić information content (AvgIpc) is 3.11. The van der Waals surface area contributed by atoms with Crippen molar-refractivity contribution in [3.8, 4) is 11.3 Å². The largest absolute Gasteiger partial charge is 0.478 e. The van der Waals surface area contributed by atoms with Crippen LogP contribution >= 0.6 is 0 Å². The molecular formula is C23H24F4N4O5. The van der Waals surface area contributed by atoms with Gasteiger partial charge in [-0.15, -0.1) is 0 Å². The number of alkyl halides is 4. The number of carboxylic acids is 1. The number of rotatable bonds is 5. The molecule has 2 aromatic heterocycles. The molecule has 194 valence electrons. The first-order valence-electron chi connectivity index (χ1n) is 10.8. The minimum Gasteiger partial charge on any atom is -0.478 e. The highest BCUT2D eigenvalue weighted by Gasteiger charge is 2.38. The SMILES string of the molecule is CC(C)(C)OC(=O)N1C[C@@H](F)C[C@@H]1NC(=O)Cc1cc(-c2ccc(C(F)(F)F)nc2)ncc1C(=O)O. The van der Waals surface area contributed by atoms with Gasteiger partial charge in [0, 0.05) is 24.4 Å². The van der Waals surface area contributed by atoms with Crippen LogP contribution in [-0.2, 0) is 22.1 Å². The van der Waals surface area contributed by atoms with Crippen LogP contribution in [0.1, 0.15) is 48.8 Å². The third-order valence-corrected chi connectivity index (χ3v) is 5.13. The van der Waals surface area contributed by atoms with Gasteiger partial charge in [-0.05, 0) is 44.5 Å². The number of hydrogen-bond acceptors (Lipinski definition) is 6. The summed E-state index contributed by atoms with van der Waals surface area (Å²) in [7, 11) is 0. The van der Waals surface area contributed by atoms with Gasteiger partial charge in [-0.2, -0.15) is 13.2 Å². The minimum atomic E-state index is -4.63. The molecule has 0 unspecified atom stereocenters. The quantitative estimate of drug-likeness (QED) is 0.584. The highest BCUT2D eigenvalue weighted by atomic mass is 19.4. The lowest BCUT2D eigenvalue weighted by molar-refractivity contribution is -0.141. The first kappa shape index (κ1) is 26.8. The van der Waals surface area contributed by atoms with E-state index in [1.54, 1.807) is 20.8 Å². The third-order valence-electron chi connectivity index (χ3n) is 5.13. The summed E-state index contributed by atoms with van der Waals surface area (Å²) >= 11 is 0. The van der Waals surface area contributed by atoms with Crippen molar-refractivity contribution in [2.75, 3.05) is 6.54 Å². The Labute approximate surface area is 203 Å². The van der Waals surface area contributed by atoms with Crippen molar-refractivity contribution in [3.63, 3.8) is 0 Å². The number of likely N-dealkylation sites (tertiary alicyclic amines) is 1. The summed E-state index contributed by atoms with van der Waals surface area (Å²) in [6.07, 6.45) is -6.55. The van der Waals surface area contributed by atoms with Gasteiger partial charge in [0.05, 0.1) is 24.2 Å². The topological polar surface area (TPSA) is 122 Å². The number of amides is 2. The summed E-state index contributed by atoms with van der Waals surface area (Å²) < 4.78 is 57.6. The minimum absolute atomic E-state index is 0.0171. The Morgan fingerprint density at radius 2 is 1.86 bits per heavy atom. The van der Waals surface area contributed by atoms with Crippen molar-refractivity contribution in [2.45, 2.75) is 57.7 Å². The Morgan fingerprint density at radius 3 is 2.42 bits per heavy atom. The Balaban J connectivity index is 1.80.